The van der Waals surface area contributed by atoms with Gasteiger partial charge in [-0.25, -0.2) is 9.97 Å². The number of nitrogens with two attached hydrogens (primary N) is 1. The highest BCUT2D eigenvalue weighted by atomic mass is 15.2. The minimum Gasteiger partial charge on any atom is -0.404 e. The Morgan fingerprint density at radius 1 is 1.21 bits per heavy atom. The van der Waals surface area contributed by atoms with Gasteiger partial charge in [-0.15, -0.1) is 0 Å². The molecule has 5 rings (SSSR count). The predicted molar refractivity (Wildman–Crippen MR) is 117 cm³/mol. The Kier molecular flexibility index (Phi) is 4.46. The van der Waals surface area contributed by atoms with Gasteiger partial charge in [0.1, 0.15) is 12.1 Å². The van der Waals surface area contributed by atoms with Crippen molar-refractivity contribution in [3.8, 4) is 0 Å². The Bertz CT molecular complexity index is 1130. The molecular formula is C23H24N6. The Balaban J connectivity index is 1.47. The van der Waals surface area contributed by atoms with Crippen molar-refractivity contribution in [3.05, 3.63) is 65.4 Å². The van der Waals surface area contributed by atoms with Crippen molar-refractivity contribution in [2.75, 3.05) is 11.4 Å². The molecule has 1 aromatic carbocycles. The maximum atomic E-state index is 5.87. The van der Waals surface area contributed by atoms with Crippen molar-refractivity contribution in [2.45, 2.75) is 38.8 Å². The molecule has 29 heavy (non-hydrogen) atoms. The number of hydrogen-bond acceptors (Lipinski definition) is 6. The van der Waals surface area contributed by atoms with E-state index in [4.69, 9.17) is 10.7 Å². The predicted octanol–water partition coefficient (Wildman–Crippen LogP) is 3.43. The van der Waals surface area contributed by atoms with E-state index < -0.39 is 0 Å². The minimum atomic E-state index is 0.473. The molecule has 0 amide bonds. The molecule has 0 atom stereocenters. The highest BCUT2D eigenvalue weighted by Crippen LogP contribution is 2.29. The molecule has 6 nitrogen and oxygen atoms in total. The van der Waals surface area contributed by atoms with Crippen LogP contribution in [0, 0.1) is 6.92 Å². The number of benzene rings is 1. The highest BCUT2D eigenvalue weighted by molar-refractivity contribution is 6.09. The molecule has 0 bridgehead atoms. The second-order valence-corrected chi connectivity index (χ2v) is 7.85. The summed E-state index contributed by atoms with van der Waals surface area (Å²) in [6.07, 6.45) is 10.3. The van der Waals surface area contributed by atoms with Crippen LogP contribution < -0.4 is 10.6 Å². The lowest BCUT2D eigenvalue weighted by molar-refractivity contribution is 0.704. The van der Waals surface area contributed by atoms with Crippen LogP contribution in [0.5, 0.6) is 0 Å². The van der Waals surface area contributed by atoms with Crippen LogP contribution in [0.25, 0.3) is 16.5 Å². The molecule has 1 aliphatic heterocycles. The van der Waals surface area contributed by atoms with E-state index in [0.29, 0.717) is 6.04 Å². The van der Waals surface area contributed by atoms with Crippen LogP contribution in [0.3, 0.4) is 0 Å². The normalized spacial score (nSPS) is 17.1. The fourth-order valence-electron chi connectivity index (χ4n) is 3.80. The van der Waals surface area contributed by atoms with Gasteiger partial charge in [-0.2, -0.15) is 0 Å². The fourth-order valence-corrected chi connectivity index (χ4v) is 3.80. The number of rotatable bonds is 4. The maximum Gasteiger partial charge on any atom is 0.140 e. The Morgan fingerprint density at radius 3 is 2.93 bits per heavy atom. The number of pyridine rings is 1. The first-order chi connectivity index (χ1) is 14.2. The summed E-state index contributed by atoms with van der Waals surface area (Å²) >= 11 is 0. The van der Waals surface area contributed by atoms with Crippen molar-refractivity contribution >= 4 is 28.5 Å². The van der Waals surface area contributed by atoms with Crippen LogP contribution in [0.4, 0.5) is 5.82 Å². The average Bonchev–Trinajstić information content (AvgIpc) is 3.57. The zero-order valence-corrected chi connectivity index (χ0v) is 16.5. The lowest BCUT2D eigenvalue weighted by atomic mass is 10.0. The molecule has 1 fully saturated rings. The van der Waals surface area contributed by atoms with Crippen molar-refractivity contribution in [3.63, 3.8) is 0 Å². The maximum absolute atomic E-state index is 5.87. The quantitative estimate of drug-likeness (QED) is 0.697. The summed E-state index contributed by atoms with van der Waals surface area (Å²) in [7, 11) is 0. The first-order valence-electron chi connectivity index (χ1n) is 10.1. The third-order valence-electron chi connectivity index (χ3n) is 5.59. The first kappa shape index (κ1) is 17.8. The molecule has 2 N–H and O–H groups in total. The third kappa shape index (κ3) is 3.58. The number of aliphatic imine (C=N–C) groups is 1. The van der Waals surface area contributed by atoms with E-state index in [1.54, 1.807) is 12.5 Å². The van der Waals surface area contributed by atoms with Crippen LogP contribution in [-0.4, -0.2) is 33.8 Å². The van der Waals surface area contributed by atoms with Crippen LogP contribution >= 0.6 is 0 Å². The number of aromatic nitrogens is 3. The summed E-state index contributed by atoms with van der Waals surface area (Å²) in [5, 5.41) is 1.10. The molecule has 3 heterocycles. The summed E-state index contributed by atoms with van der Waals surface area (Å²) in [6.45, 7) is 3.76. The van der Waals surface area contributed by atoms with E-state index in [1.807, 2.05) is 12.4 Å². The van der Waals surface area contributed by atoms with E-state index in [2.05, 4.69) is 51.0 Å². The van der Waals surface area contributed by atoms with Gasteiger partial charge in [0.25, 0.3) is 0 Å². The lowest BCUT2D eigenvalue weighted by Gasteiger charge is -2.30. The van der Waals surface area contributed by atoms with Crippen LogP contribution in [-0.2, 0) is 13.0 Å². The highest BCUT2D eigenvalue weighted by Gasteiger charge is 2.22. The monoisotopic (exact) mass is 384 g/mol. The van der Waals surface area contributed by atoms with Crippen molar-refractivity contribution < 1.29 is 0 Å². The van der Waals surface area contributed by atoms with Gasteiger partial charge in [0.05, 0.1) is 11.6 Å². The molecule has 0 radical (unpaired) electrons. The number of allylic oxidation sites excluding steroid dienone is 1. The van der Waals surface area contributed by atoms with Gasteiger partial charge in [0.2, 0.25) is 0 Å². The Labute approximate surface area is 170 Å². The zero-order chi connectivity index (χ0) is 19.8. The van der Waals surface area contributed by atoms with Gasteiger partial charge in [0, 0.05) is 60.3 Å². The van der Waals surface area contributed by atoms with Crippen LogP contribution in [0.2, 0.25) is 0 Å². The molecule has 2 aromatic heterocycles. The number of nitrogens with zero attached hydrogens (tertiary/aromatic N) is 5. The SMILES string of the molecule is Cc1ccc2ncnc(N3CCc4ncc(/C(C=NC5CC5)=C/N)cc4C3)c2c1. The van der Waals surface area contributed by atoms with Gasteiger partial charge in [-0.05, 0) is 43.5 Å². The van der Waals surface area contributed by atoms with Gasteiger partial charge in [-0.1, -0.05) is 11.6 Å². The number of aryl methyl sites for hydroxylation is 1. The largest absolute Gasteiger partial charge is 0.404 e. The average molecular weight is 384 g/mol. The van der Waals surface area contributed by atoms with E-state index in [0.717, 1.165) is 53.1 Å². The summed E-state index contributed by atoms with van der Waals surface area (Å²) in [4.78, 5) is 20.7. The van der Waals surface area contributed by atoms with E-state index in [-0.39, 0.29) is 0 Å². The van der Waals surface area contributed by atoms with Crippen LogP contribution in [0.1, 0.15) is 35.2 Å². The second-order valence-electron chi connectivity index (χ2n) is 7.85. The van der Waals surface area contributed by atoms with Crippen molar-refractivity contribution in [1.82, 2.24) is 15.0 Å². The van der Waals surface area contributed by atoms with Gasteiger partial charge in [-0.3, -0.25) is 9.98 Å². The van der Waals surface area contributed by atoms with E-state index >= 15 is 0 Å². The van der Waals surface area contributed by atoms with Gasteiger partial charge in [0.15, 0.2) is 0 Å². The first-order valence-corrected chi connectivity index (χ1v) is 10.1. The number of anilines is 1. The third-order valence-corrected chi connectivity index (χ3v) is 5.59. The Hall–Kier alpha value is -3.28. The van der Waals surface area contributed by atoms with Crippen LogP contribution in [0.15, 0.2) is 48.0 Å². The van der Waals surface area contributed by atoms with Crippen molar-refractivity contribution in [2.24, 2.45) is 10.7 Å². The molecule has 3 aromatic rings. The summed E-state index contributed by atoms with van der Waals surface area (Å²) in [5.74, 6) is 0.986. The summed E-state index contributed by atoms with van der Waals surface area (Å²) < 4.78 is 0. The second kappa shape index (κ2) is 7.28. The Morgan fingerprint density at radius 2 is 2.10 bits per heavy atom. The number of fused-ring (bicyclic) bond motifs is 2. The molecule has 0 unspecified atom stereocenters. The molecular weight excluding hydrogens is 360 g/mol. The molecule has 146 valence electrons. The van der Waals surface area contributed by atoms with E-state index in [9.17, 15) is 0 Å². The molecule has 0 saturated heterocycles. The number of hydrogen-bond donors (Lipinski definition) is 1. The molecule has 1 saturated carbocycles. The molecule has 1 aliphatic carbocycles. The smallest absolute Gasteiger partial charge is 0.140 e. The topological polar surface area (TPSA) is 80.3 Å². The molecule has 0 spiro atoms. The standard InChI is InChI=1S/C23H24N6/c1-15-2-5-22-20(8-15)23(28-14-27-22)29-7-6-21-17(13-29)9-16(11-26-21)18(10-24)12-25-19-3-4-19/h2,5,8-12,14,19H,3-4,6-7,13,24H2,1H3/b18-10+,25-12?. The molecule has 6 heteroatoms. The van der Waals surface area contributed by atoms with Gasteiger partial charge >= 0.3 is 0 Å². The molecule has 2 aliphatic rings. The van der Waals surface area contributed by atoms with E-state index in [1.165, 1.54) is 24.0 Å². The van der Waals surface area contributed by atoms with Gasteiger partial charge < -0.3 is 10.6 Å². The fraction of sp³-hybridized carbons (Fsp3) is 0.304. The zero-order valence-electron chi connectivity index (χ0n) is 16.5. The minimum absolute atomic E-state index is 0.473. The summed E-state index contributed by atoms with van der Waals surface area (Å²) in [5.41, 5.74) is 12.4. The van der Waals surface area contributed by atoms with Crippen molar-refractivity contribution in [1.29, 1.82) is 0 Å². The lowest BCUT2D eigenvalue weighted by Crippen LogP contribution is -2.32. The summed E-state index contributed by atoms with van der Waals surface area (Å²) in [6, 6.07) is 8.98.